The number of anilines is 1. The maximum absolute atomic E-state index is 13.4. The van der Waals surface area contributed by atoms with Crippen LogP contribution in [0.5, 0.6) is 5.75 Å². The number of nitrogens with one attached hydrogen (secondary N) is 2. The van der Waals surface area contributed by atoms with Gasteiger partial charge in [0.2, 0.25) is 21.8 Å². The molecule has 2 heterocycles. The summed E-state index contributed by atoms with van der Waals surface area (Å²) < 4.78 is 29.9. The van der Waals surface area contributed by atoms with Crippen LogP contribution in [0.25, 0.3) is 0 Å². The van der Waals surface area contributed by atoms with E-state index in [0.29, 0.717) is 38.2 Å². The molecule has 12 heteroatoms. The minimum atomic E-state index is -3.69. The Morgan fingerprint density at radius 1 is 1.26 bits per heavy atom. The Kier molecular flexibility index (Phi) is 8.34. The van der Waals surface area contributed by atoms with Crippen molar-refractivity contribution in [2.24, 2.45) is 0 Å². The molecule has 38 heavy (non-hydrogen) atoms. The summed E-state index contributed by atoms with van der Waals surface area (Å²) in [5.41, 5.74) is 3.19. The van der Waals surface area contributed by atoms with Crippen LogP contribution in [0.15, 0.2) is 42.5 Å². The first-order valence-corrected chi connectivity index (χ1v) is 14.2. The summed E-state index contributed by atoms with van der Waals surface area (Å²) in [6.45, 7) is 1.21. The lowest BCUT2D eigenvalue weighted by Gasteiger charge is -2.32. The highest BCUT2D eigenvalue weighted by atomic mass is 32.2. The van der Waals surface area contributed by atoms with E-state index in [2.05, 4.69) is 10.2 Å². The molecule has 0 aliphatic carbocycles. The largest absolute Gasteiger partial charge is 0.484 e. The first-order chi connectivity index (χ1) is 18.0. The van der Waals surface area contributed by atoms with Crippen molar-refractivity contribution in [1.29, 1.82) is 0 Å². The van der Waals surface area contributed by atoms with Gasteiger partial charge in [-0.3, -0.25) is 24.0 Å². The van der Waals surface area contributed by atoms with E-state index in [4.69, 9.17) is 4.74 Å². The number of hydrogen-bond acceptors (Lipinski definition) is 8. The number of nitrogens with zero attached hydrogens (tertiary/aromatic N) is 2. The van der Waals surface area contributed by atoms with Crippen molar-refractivity contribution < 1.29 is 32.6 Å². The number of likely N-dealkylation sites (tertiary alicyclic amines) is 1. The number of fused-ring (bicyclic) bond motifs is 1. The van der Waals surface area contributed by atoms with Gasteiger partial charge in [0.25, 0.3) is 5.91 Å². The zero-order valence-corrected chi connectivity index (χ0v) is 22.2. The van der Waals surface area contributed by atoms with Crippen LogP contribution in [0.3, 0.4) is 0 Å². The first kappa shape index (κ1) is 27.6. The van der Waals surface area contributed by atoms with Crippen LogP contribution < -0.4 is 14.8 Å². The summed E-state index contributed by atoms with van der Waals surface area (Å²) in [6.07, 6.45) is 1.60. The number of ether oxygens (including phenoxy) is 1. The molecule has 3 amide bonds. The van der Waals surface area contributed by atoms with Gasteiger partial charge in [0.05, 0.1) is 31.2 Å². The van der Waals surface area contributed by atoms with E-state index in [1.165, 1.54) is 0 Å². The van der Waals surface area contributed by atoms with Crippen LogP contribution >= 0.6 is 0 Å². The predicted octanol–water partition coefficient (Wildman–Crippen LogP) is 0.445. The highest BCUT2D eigenvalue weighted by Gasteiger charge is 2.29. The lowest BCUT2D eigenvalue weighted by molar-refractivity contribution is -0.131. The van der Waals surface area contributed by atoms with Crippen LogP contribution in [-0.2, 0) is 37.2 Å². The van der Waals surface area contributed by atoms with Crippen LogP contribution in [-0.4, -0.2) is 86.7 Å². The number of carbonyl (C=O) groups excluding carboxylic acids is 3. The molecule has 0 bridgehead atoms. The van der Waals surface area contributed by atoms with Crippen LogP contribution in [0.2, 0.25) is 0 Å². The number of carbonyl (C=O) groups is 3. The zero-order chi connectivity index (χ0) is 27.4. The quantitative estimate of drug-likeness (QED) is 0.391. The Morgan fingerprint density at radius 2 is 2.05 bits per heavy atom. The molecule has 2 aliphatic heterocycles. The number of sulfonamides is 1. The number of benzene rings is 2. The predicted molar refractivity (Wildman–Crippen MR) is 140 cm³/mol. The highest BCUT2D eigenvalue weighted by molar-refractivity contribution is 7.89. The van der Waals surface area contributed by atoms with Gasteiger partial charge in [0.1, 0.15) is 5.75 Å². The van der Waals surface area contributed by atoms with E-state index >= 15 is 0 Å². The average Bonchev–Trinajstić information content (AvgIpc) is 3.43. The first-order valence-electron chi connectivity index (χ1n) is 12.3. The van der Waals surface area contributed by atoms with Gasteiger partial charge in [-0.1, -0.05) is 24.3 Å². The molecular weight excluding hydrogens is 512 g/mol. The number of aliphatic hydroxyl groups excluding tert-OH is 1. The van der Waals surface area contributed by atoms with E-state index in [0.717, 1.165) is 28.6 Å². The fourth-order valence-electron chi connectivity index (χ4n) is 4.72. The average molecular weight is 545 g/mol. The van der Waals surface area contributed by atoms with Crippen LogP contribution in [0, 0.1) is 0 Å². The van der Waals surface area contributed by atoms with Gasteiger partial charge in [-0.05, 0) is 41.3 Å². The van der Waals surface area contributed by atoms with Crippen molar-refractivity contribution in [1.82, 2.24) is 14.5 Å². The third-order valence-electron chi connectivity index (χ3n) is 6.61. The number of β-amino-alcohol motifs (C(OH)–C–C–N with tert-alkyl or cyclic N) is 1. The van der Waals surface area contributed by atoms with Crippen molar-refractivity contribution in [3.8, 4) is 5.75 Å². The summed E-state index contributed by atoms with van der Waals surface area (Å²) in [5, 5.41) is 12.8. The maximum Gasteiger partial charge on any atom is 0.271 e. The van der Waals surface area contributed by atoms with E-state index in [1.807, 2.05) is 29.0 Å². The molecule has 0 aromatic heterocycles. The van der Waals surface area contributed by atoms with E-state index < -0.39 is 28.6 Å². The summed E-state index contributed by atoms with van der Waals surface area (Å²) in [4.78, 5) is 40.7. The molecule has 1 saturated heterocycles. The van der Waals surface area contributed by atoms with Gasteiger partial charge in [0.15, 0.2) is 6.61 Å². The SMILES string of the molecule is CN(C(=O)Cc1ccc2c(c1)NC(=O)C2)C(CN1CC[C@H](O)C1)c1cccc(OCC(=O)NS(C)(=O)=O)c1. The van der Waals surface area contributed by atoms with Crippen molar-refractivity contribution in [2.75, 3.05) is 44.9 Å². The van der Waals surface area contributed by atoms with Gasteiger partial charge >= 0.3 is 0 Å². The molecule has 2 atom stereocenters. The Morgan fingerprint density at radius 3 is 2.76 bits per heavy atom. The Labute approximate surface area is 221 Å². The van der Waals surface area contributed by atoms with Gasteiger partial charge in [-0.2, -0.15) is 0 Å². The Bertz CT molecular complexity index is 1330. The molecule has 4 rings (SSSR count). The molecule has 1 unspecified atom stereocenters. The van der Waals surface area contributed by atoms with E-state index in [-0.39, 0.29) is 24.3 Å². The fraction of sp³-hybridized carbons (Fsp3) is 0.423. The summed E-state index contributed by atoms with van der Waals surface area (Å²) in [5.74, 6) is -0.631. The Balaban J connectivity index is 1.50. The smallest absolute Gasteiger partial charge is 0.271 e. The van der Waals surface area contributed by atoms with Crippen molar-refractivity contribution in [3.63, 3.8) is 0 Å². The van der Waals surface area contributed by atoms with Gasteiger partial charge < -0.3 is 20.1 Å². The summed E-state index contributed by atoms with van der Waals surface area (Å²) in [6, 6.07) is 12.1. The van der Waals surface area contributed by atoms with Gasteiger partial charge in [-0.15, -0.1) is 0 Å². The lowest BCUT2D eigenvalue weighted by Crippen LogP contribution is -2.39. The molecule has 0 saturated carbocycles. The van der Waals surface area contributed by atoms with Crippen molar-refractivity contribution in [3.05, 3.63) is 59.2 Å². The summed E-state index contributed by atoms with van der Waals surface area (Å²) >= 11 is 0. The second kappa shape index (κ2) is 11.5. The monoisotopic (exact) mass is 544 g/mol. The fourth-order valence-corrected chi connectivity index (χ4v) is 5.19. The lowest BCUT2D eigenvalue weighted by atomic mass is 10.0. The van der Waals surface area contributed by atoms with Crippen molar-refractivity contribution >= 4 is 33.4 Å². The third kappa shape index (κ3) is 7.30. The number of aliphatic hydroxyl groups is 1. The molecule has 11 nitrogen and oxygen atoms in total. The normalized spacial score (nSPS) is 18.0. The molecule has 3 N–H and O–H groups in total. The number of hydrogen-bond donors (Lipinski definition) is 3. The number of rotatable bonds is 10. The number of likely N-dealkylation sites (N-methyl/N-ethyl adjacent to an activating group) is 1. The molecule has 0 spiro atoms. The second-order valence-electron chi connectivity index (χ2n) is 9.77. The van der Waals surface area contributed by atoms with Gasteiger partial charge in [-0.25, -0.2) is 8.42 Å². The summed E-state index contributed by atoms with van der Waals surface area (Å²) in [7, 11) is -1.97. The van der Waals surface area contributed by atoms with Crippen LogP contribution in [0.1, 0.15) is 29.2 Å². The molecule has 2 aromatic rings. The minimum absolute atomic E-state index is 0.0654. The zero-order valence-electron chi connectivity index (χ0n) is 21.3. The highest BCUT2D eigenvalue weighted by Crippen LogP contribution is 2.28. The van der Waals surface area contributed by atoms with Crippen LogP contribution in [0.4, 0.5) is 5.69 Å². The molecule has 204 valence electrons. The minimum Gasteiger partial charge on any atom is -0.484 e. The number of amides is 3. The topological polar surface area (TPSA) is 145 Å². The van der Waals surface area contributed by atoms with E-state index in [1.54, 1.807) is 30.1 Å². The molecular formula is C26H32N4O7S. The molecule has 1 fully saturated rings. The molecule has 0 radical (unpaired) electrons. The van der Waals surface area contributed by atoms with E-state index in [9.17, 15) is 27.9 Å². The molecule has 2 aromatic carbocycles. The van der Waals surface area contributed by atoms with Gasteiger partial charge in [0, 0.05) is 32.4 Å². The molecule has 2 aliphatic rings. The third-order valence-corrected chi connectivity index (χ3v) is 7.20. The maximum atomic E-state index is 13.4. The second-order valence-corrected chi connectivity index (χ2v) is 11.5. The Hall–Kier alpha value is -3.48. The van der Waals surface area contributed by atoms with Crippen molar-refractivity contribution in [2.45, 2.75) is 31.4 Å². The standard InChI is InChI=1S/C26H32N4O7S/c1-29(26(34)11-17-6-7-18-13-24(32)27-22(18)10-17)23(15-30-9-8-20(31)14-30)19-4-3-5-21(12-19)37-16-25(33)28-38(2,35)36/h3-7,10,12,20,23,31H,8-9,11,13-16H2,1-2H3,(H,27,32)(H,28,33)/t20-,23?/m0/s1.